The molecule has 0 unspecified atom stereocenters. The van der Waals surface area contributed by atoms with Gasteiger partial charge < -0.3 is 9.30 Å². The van der Waals surface area contributed by atoms with Crippen LogP contribution >= 0.6 is 0 Å². The van der Waals surface area contributed by atoms with Crippen LogP contribution in [0.3, 0.4) is 0 Å². The molecule has 0 atom stereocenters. The third-order valence-electron chi connectivity index (χ3n) is 2.55. The number of nitrogens with zero attached hydrogens (tertiary/aromatic N) is 3. The maximum Gasteiger partial charge on any atom is 0.273 e. The molecule has 0 spiro atoms. The van der Waals surface area contributed by atoms with Crippen molar-refractivity contribution < 1.29 is 4.79 Å². The number of aryl methyl sites for hydroxylation is 1. The largest absolute Gasteiger partial charge is 0.343 e. The van der Waals surface area contributed by atoms with E-state index in [4.69, 9.17) is 0 Å². The molecular formula is C12H15N3O. The zero-order valence-electron chi connectivity index (χ0n) is 9.77. The summed E-state index contributed by atoms with van der Waals surface area (Å²) in [5.41, 5.74) is 2.52. The van der Waals surface area contributed by atoms with E-state index in [1.807, 2.05) is 22.7 Å². The third kappa shape index (κ3) is 1.78. The maximum absolute atomic E-state index is 11.7. The zero-order valence-corrected chi connectivity index (χ0v) is 9.77. The van der Waals surface area contributed by atoms with Crippen LogP contribution < -0.4 is 0 Å². The Kier molecular flexibility index (Phi) is 2.64. The van der Waals surface area contributed by atoms with Gasteiger partial charge in [0.2, 0.25) is 0 Å². The first-order chi connectivity index (χ1) is 7.61. The minimum absolute atomic E-state index is 0.0678. The van der Waals surface area contributed by atoms with Gasteiger partial charge in [0.05, 0.1) is 0 Å². The van der Waals surface area contributed by atoms with Crippen molar-refractivity contribution in [1.82, 2.24) is 14.3 Å². The Bertz CT molecular complexity index is 528. The number of amides is 1. The molecule has 0 fully saturated rings. The van der Waals surface area contributed by atoms with Gasteiger partial charge in [-0.15, -0.1) is 0 Å². The molecule has 0 N–H and O–H groups in total. The highest BCUT2D eigenvalue weighted by Crippen LogP contribution is 2.09. The highest BCUT2D eigenvalue weighted by atomic mass is 16.2. The normalized spacial score (nSPS) is 10.7. The van der Waals surface area contributed by atoms with E-state index in [-0.39, 0.29) is 5.91 Å². The average molecular weight is 217 g/mol. The number of aromatic nitrogens is 2. The summed E-state index contributed by atoms with van der Waals surface area (Å²) in [6.45, 7) is 2.10. The molecule has 0 aliphatic heterocycles. The Labute approximate surface area is 94.5 Å². The van der Waals surface area contributed by atoms with Crippen molar-refractivity contribution >= 4 is 11.6 Å². The molecule has 0 aliphatic rings. The van der Waals surface area contributed by atoms with Gasteiger partial charge in [0.15, 0.2) is 0 Å². The first-order valence-electron chi connectivity index (χ1n) is 5.31. The standard InChI is InChI=1S/C12H15N3O/c1-4-9-5-6-11-13-10(8-15(11)7-9)12(16)14(2)3/h5-8H,4H2,1-3H3. The summed E-state index contributed by atoms with van der Waals surface area (Å²) in [5, 5.41) is 0. The molecular weight excluding hydrogens is 202 g/mol. The minimum atomic E-state index is -0.0678. The molecule has 84 valence electrons. The lowest BCUT2D eigenvalue weighted by atomic mass is 10.2. The predicted octanol–water partition coefficient (Wildman–Crippen LogP) is 1.60. The van der Waals surface area contributed by atoms with E-state index in [1.54, 1.807) is 20.3 Å². The molecule has 16 heavy (non-hydrogen) atoms. The van der Waals surface area contributed by atoms with Gasteiger partial charge in [0.1, 0.15) is 11.3 Å². The van der Waals surface area contributed by atoms with Gasteiger partial charge in [0.25, 0.3) is 5.91 Å². The Morgan fingerprint density at radius 1 is 1.38 bits per heavy atom. The van der Waals surface area contributed by atoms with Crippen LogP contribution in [0.15, 0.2) is 24.5 Å². The molecule has 2 rings (SSSR count). The van der Waals surface area contributed by atoms with Crippen molar-refractivity contribution in [3.05, 3.63) is 35.8 Å². The third-order valence-corrected chi connectivity index (χ3v) is 2.55. The summed E-state index contributed by atoms with van der Waals surface area (Å²) in [6.07, 6.45) is 4.76. The molecule has 4 heteroatoms. The van der Waals surface area contributed by atoms with Crippen molar-refractivity contribution in [2.24, 2.45) is 0 Å². The van der Waals surface area contributed by atoms with Crippen LogP contribution in [-0.2, 0) is 6.42 Å². The van der Waals surface area contributed by atoms with Crippen LogP contribution in [-0.4, -0.2) is 34.3 Å². The van der Waals surface area contributed by atoms with Gasteiger partial charge >= 0.3 is 0 Å². The lowest BCUT2D eigenvalue weighted by Crippen LogP contribution is -2.21. The minimum Gasteiger partial charge on any atom is -0.343 e. The van der Waals surface area contributed by atoms with Gasteiger partial charge in [-0.25, -0.2) is 4.98 Å². The quantitative estimate of drug-likeness (QED) is 0.766. The maximum atomic E-state index is 11.7. The number of hydrogen-bond acceptors (Lipinski definition) is 2. The van der Waals surface area contributed by atoms with Gasteiger partial charge in [-0.05, 0) is 18.1 Å². The molecule has 0 bridgehead atoms. The first kappa shape index (κ1) is 10.7. The first-order valence-corrected chi connectivity index (χ1v) is 5.31. The molecule has 2 aromatic heterocycles. The molecule has 2 heterocycles. The number of imidazole rings is 1. The Hall–Kier alpha value is -1.84. The molecule has 1 amide bonds. The van der Waals surface area contributed by atoms with Crippen LogP contribution in [0.2, 0.25) is 0 Å². The molecule has 2 aromatic rings. The summed E-state index contributed by atoms with van der Waals surface area (Å²) in [7, 11) is 3.45. The van der Waals surface area contributed by atoms with Crippen molar-refractivity contribution in [2.45, 2.75) is 13.3 Å². The summed E-state index contributed by atoms with van der Waals surface area (Å²) < 4.78 is 1.90. The fourth-order valence-electron chi connectivity index (χ4n) is 1.58. The van der Waals surface area contributed by atoms with E-state index >= 15 is 0 Å². The van der Waals surface area contributed by atoms with E-state index in [9.17, 15) is 4.79 Å². The van der Waals surface area contributed by atoms with Gasteiger partial charge in [-0.1, -0.05) is 13.0 Å². The number of rotatable bonds is 2. The highest BCUT2D eigenvalue weighted by Gasteiger charge is 2.12. The van der Waals surface area contributed by atoms with Crippen molar-refractivity contribution in [2.75, 3.05) is 14.1 Å². The van der Waals surface area contributed by atoms with Crippen LogP contribution in [0.4, 0.5) is 0 Å². The van der Waals surface area contributed by atoms with Crippen LogP contribution in [0.25, 0.3) is 5.65 Å². The monoisotopic (exact) mass is 217 g/mol. The van der Waals surface area contributed by atoms with Gasteiger partial charge in [-0.2, -0.15) is 0 Å². The summed E-state index contributed by atoms with van der Waals surface area (Å²) >= 11 is 0. The van der Waals surface area contributed by atoms with Gasteiger partial charge in [0, 0.05) is 26.5 Å². The van der Waals surface area contributed by atoms with Crippen molar-refractivity contribution in [3.63, 3.8) is 0 Å². The fourth-order valence-corrected chi connectivity index (χ4v) is 1.58. The predicted molar refractivity (Wildman–Crippen MR) is 62.6 cm³/mol. The van der Waals surface area contributed by atoms with Crippen molar-refractivity contribution in [1.29, 1.82) is 0 Å². The van der Waals surface area contributed by atoms with E-state index < -0.39 is 0 Å². The van der Waals surface area contributed by atoms with E-state index in [2.05, 4.69) is 11.9 Å². The lowest BCUT2D eigenvalue weighted by Gasteiger charge is -2.06. The summed E-state index contributed by atoms with van der Waals surface area (Å²) in [4.78, 5) is 17.5. The van der Waals surface area contributed by atoms with Crippen LogP contribution in [0.1, 0.15) is 23.0 Å². The summed E-state index contributed by atoms with van der Waals surface area (Å²) in [6, 6.07) is 3.97. The molecule has 4 nitrogen and oxygen atoms in total. The van der Waals surface area contributed by atoms with E-state index in [0.717, 1.165) is 12.1 Å². The fraction of sp³-hybridized carbons (Fsp3) is 0.333. The number of hydrogen-bond donors (Lipinski definition) is 0. The average Bonchev–Trinajstić information content (AvgIpc) is 2.69. The molecule has 0 saturated heterocycles. The van der Waals surface area contributed by atoms with E-state index in [0.29, 0.717) is 5.69 Å². The second-order valence-electron chi connectivity index (χ2n) is 3.98. The van der Waals surface area contributed by atoms with Gasteiger partial charge in [-0.3, -0.25) is 4.79 Å². The van der Waals surface area contributed by atoms with E-state index in [1.165, 1.54) is 10.5 Å². The smallest absolute Gasteiger partial charge is 0.273 e. The molecule has 0 saturated carbocycles. The second-order valence-corrected chi connectivity index (χ2v) is 3.98. The van der Waals surface area contributed by atoms with Crippen molar-refractivity contribution in [3.8, 4) is 0 Å². The summed E-state index contributed by atoms with van der Waals surface area (Å²) in [5.74, 6) is -0.0678. The topological polar surface area (TPSA) is 37.6 Å². The Morgan fingerprint density at radius 2 is 2.12 bits per heavy atom. The number of pyridine rings is 1. The second kappa shape index (κ2) is 3.96. The molecule has 0 radical (unpaired) electrons. The molecule has 0 aliphatic carbocycles. The lowest BCUT2D eigenvalue weighted by molar-refractivity contribution is 0.0822. The highest BCUT2D eigenvalue weighted by molar-refractivity contribution is 5.92. The number of carbonyl (C=O) groups excluding carboxylic acids is 1. The SMILES string of the molecule is CCc1ccc2nc(C(=O)N(C)C)cn2c1. The zero-order chi connectivity index (χ0) is 11.7. The van der Waals surface area contributed by atoms with Crippen LogP contribution in [0.5, 0.6) is 0 Å². The number of fused-ring (bicyclic) bond motifs is 1. The molecule has 0 aromatic carbocycles. The Balaban J connectivity index is 2.47. The Morgan fingerprint density at radius 3 is 2.75 bits per heavy atom. The van der Waals surface area contributed by atoms with Crippen LogP contribution in [0, 0.1) is 0 Å². The number of carbonyl (C=O) groups is 1.